The highest BCUT2D eigenvalue weighted by atomic mass is 16.3. The number of benzene rings is 1. The zero-order valence-corrected chi connectivity index (χ0v) is 7.70. The molecule has 0 atom stereocenters. The van der Waals surface area contributed by atoms with Crippen molar-refractivity contribution >= 4 is 6.08 Å². The van der Waals surface area contributed by atoms with Crippen LogP contribution in [-0.4, -0.2) is 10.2 Å². The second kappa shape index (κ2) is 4.55. The van der Waals surface area contributed by atoms with Gasteiger partial charge in [-0.2, -0.15) is 0 Å². The van der Waals surface area contributed by atoms with Crippen molar-refractivity contribution in [2.24, 2.45) is 0 Å². The highest BCUT2D eigenvalue weighted by Gasteiger charge is 1.97. The monoisotopic (exact) mass is 178 g/mol. The molecule has 1 aromatic rings. The molecule has 1 aromatic carbocycles. The Hall–Kier alpha value is -1.44. The molecule has 0 spiro atoms. The molecule has 2 nitrogen and oxygen atoms in total. The number of allylic oxidation sites excluding steroid dienone is 1. The average Bonchev–Trinajstić information content (AvgIpc) is 2.11. The van der Waals surface area contributed by atoms with Crippen LogP contribution in [0.2, 0.25) is 0 Å². The lowest BCUT2D eigenvalue weighted by molar-refractivity contribution is 0.459. The maximum atomic E-state index is 9.37. The SMILES string of the molecule is CCCC=Cc1cc(O)ccc1O. The Morgan fingerprint density at radius 2 is 2.08 bits per heavy atom. The molecule has 0 aliphatic carbocycles. The van der Waals surface area contributed by atoms with Crippen molar-refractivity contribution in [2.45, 2.75) is 19.8 Å². The Balaban J connectivity index is 2.81. The minimum atomic E-state index is 0.175. The molecule has 0 saturated carbocycles. The van der Waals surface area contributed by atoms with Gasteiger partial charge in [-0.3, -0.25) is 0 Å². The number of rotatable bonds is 3. The maximum absolute atomic E-state index is 9.37. The molecule has 0 amide bonds. The molecule has 0 unspecified atom stereocenters. The van der Waals surface area contributed by atoms with Gasteiger partial charge in [0.1, 0.15) is 11.5 Å². The van der Waals surface area contributed by atoms with Crippen molar-refractivity contribution in [3.8, 4) is 11.5 Å². The summed E-state index contributed by atoms with van der Waals surface area (Å²) in [5.74, 6) is 0.374. The van der Waals surface area contributed by atoms with E-state index >= 15 is 0 Å². The van der Waals surface area contributed by atoms with Crippen LogP contribution in [0.15, 0.2) is 24.3 Å². The first-order chi connectivity index (χ1) is 6.24. The van der Waals surface area contributed by atoms with Crippen molar-refractivity contribution in [3.63, 3.8) is 0 Å². The van der Waals surface area contributed by atoms with Gasteiger partial charge in [0.2, 0.25) is 0 Å². The number of aromatic hydroxyl groups is 2. The summed E-state index contributed by atoms with van der Waals surface area (Å²) in [5, 5.41) is 18.5. The first-order valence-corrected chi connectivity index (χ1v) is 4.42. The number of hydrogen-bond donors (Lipinski definition) is 2. The first kappa shape index (κ1) is 9.65. The topological polar surface area (TPSA) is 40.5 Å². The molecule has 0 saturated heterocycles. The van der Waals surface area contributed by atoms with Crippen molar-refractivity contribution in [3.05, 3.63) is 29.8 Å². The number of unbranched alkanes of at least 4 members (excludes halogenated alkanes) is 1. The fourth-order valence-electron chi connectivity index (χ4n) is 1.05. The van der Waals surface area contributed by atoms with E-state index in [1.165, 1.54) is 12.1 Å². The summed E-state index contributed by atoms with van der Waals surface area (Å²) in [4.78, 5) is 0. The zero-order valence-electron chi connectivity index (χ0n) is 7.70. The van der Waals surface area contributed by atoms with Crippen LogP contribution in [0.4, 0.5) is 0 Å². The maximum Gasteiger partial charge on any atom is 0.123 e. The van der Waals surface area contributed by atoms with Crippen LogP contribution >= 0.6 is 0 Å². The molecule has 0 bridgehead atoms. The minimum Gasteiger partial charge on any atom is -0.508 e. The van der Waals surface area contributed by atoms with Gasteiger partial charge in [0.15, 0.2) is 0 Å². The lowest BCUT2D eigenvalue weighted by atomic mass is 10.1. The molecular formula is C11H14O2. The number of phenols is 2. The summed E-state index contributed by atoms with van der Waals surface area (Å²) in [5.41, 5.74) is 0.661. The molecule has 0 radical (unpaired) electrons. The van der Waals surface area contributed by atoms with Crippen molar-refractivity contribution in [1.82, 2.24) is 0 Å². The fourth-order valence-corrected chi connectivity index (χ4v) is 1.05. The van der Waals surface area contributed by atoms with E-state index < -0.39 is 0 Å². The predicted molar refractivity (Wildman–Crippen MR) is 53.7 cm³/mol. The predicted octanol–water partition coefficient (Wildman–Crippen LogP) is 2.91. The quantitative estimate of drug-likeness (QED) is 0.698. The Kier molecular flexibility index (Phi) is 3.38. The largest absolute Gasteiger partial charge is 0.508 e. The van der Waals surface area contributed by atoms with E-state index in [-0.39, 0.29) is 11.5 Å². The third-order valence-corrected chi connectivity index (χ3v) is 1.76. The second-order valence-corrected chi connectivity index (χ2v) is 2.93. The summed E-state index contributed by atoms with van der Waals surface area (Å²) in [6, 6.07) is 4.49. The Morgan fingerprint density at radius 1 is 1.31 bits per heavy atom. The third kappa shape index (κ3) is 2.82. The molecule has 2 N–H and O–H groups in total. The number of hydrogen-bond acceptors (Lipinski definition) is 2. The number of phenolic OH excluding ortho intramolecular Hbond substituents is 2. The smallest absolute Gasteiger partial charge is 0.123 e. The first-order valence-electron chi connectivity index (χ1n) is 4.42. The van der Waals surface area contributed by atoms with E-state index in [1.807, 2.05) is 12.2 Å². The zero-order chi connectivity index (χ0) is 9.68. The summed E-state index contributed by atoms with van der Waals surface area (Å²) < 4.78 is 0. The van der Waals surface area contributed by atoms with Gasteiger partial charge in [0.05, 0.1) is 0 Å². The van der Waals surface area contributed by atoms with Crippen LogP contribution < -0.4 is 0 Å². The van der Waals surface area contributed by atoms with E-state index in [0.29, 0.717) is 5.56 Å². The van der Waals surface area contributed by atoms with Crippen LogP contribution in [0.5, 0.6) is 11.5 Å². The Bertz CT molecular complexity index is 303. The normalized spacial score (nSPS) is 10.8. The molecule has 2 heteroatoms. The van der Waals surface area contributed by atoms with Crippen molar-refractivity contribution < 1.29 is 10.2 Å². The van der Waals surface area contributed by atoms with Crippen LogP contribution in [0.3, 0.4) is 0 Å². The minimum absolute atomic E-state index is 0.175. The fraction of sp³-hybridized carbons (Fsp3) is 0.273. The molecule has 0 fully saturated rings. The van der Waals surface area contributed by atoms with Gasteiger partial charge in [-0.1, -0.05) is 25.5 Å². The standard InChI is InChI=1S/C11H14O2/c1-2-3-4-5-9-8-10(12)6-7-11(9)13/h4-8,12-13H,2-3H2,1H3. The van der Waals surface area contributed by atoms with E-state index in [4.69, 9.17) is 5.11 Å². The highest BCUT2D eigenvalue weighted by molar-refractivity contribution is 5.58. The Morgan fingerprint density at radius 3 is 2.77 bits per heavy atom. The summed E-state index contributed by atoms with van der Waals surface area (Å²) in [7, 11) is 0. The molecule has 1 rings (SSSR count). The lowest BCUT2D eigenvalue weighted by Crippen LogP contribution is -1.74. The Labute approximate surface area is 78.2 Å². The summed E-state index contributed by atoms with van der Waals surface area (Å²) in [6.45, 7) is 2.09. The molecule has 0 heterocycles. The molecule has 0 aromatic heterocycles. The average molecular weight is 178 g/mol. The third-order valence-electron chi connectivity index (χ3n) is 1.76. The second-order valence-electron chi connectivity index (χ2n) is 2.93. The van der Waals surface area contributed by atoms with E-state index in [0.717, 1.165) is 12.8 Å². The van der Waals surface area contributed by atoms with Gasteiger partial charge in [-0.05, 0) is 24.6 Å². The highest BCUT2D eigenvalue weighted by Crippen LogP contribution is 2.23. The molecule has 70 valence electrons. The molecule has 13 heavy (non-hydrogen) atoms. The van der Waals surface area contributed by atoms with Crippen molar-refractivity contribution in [1.29, 1.82) is 0 Å². The van der Waals surface area contributed by atoms with Crippen LogP contribution in [-0.2, 0) is 0 Å². The molecule has 0 aliphatic heterocycles. The van der Waals surface area contributed by atoms with E-state index in [1.54, 1.807) is 6.07 Å². The van der Waals surface area contributed by atoms with Crippen LogP contribution in [0, 0.1) is 0 Å². The van der Waals surface area contributed by atoms with Gasteiger partial charge in [0, 0.05) is 5.56 Å². The van der Waals surface area contributed by atoms with Gasteiger partial charge >= 0.3 is 0 Å². The van der Waals surface area contributed by atoms with Crippen LogP contribution in [0.25, 0.3) is 6.08 Å². The van der Waals surface area contributed by atoms with Gasteiger partial charge in [0.25, 0.3) is 0 Å². The van der Waals surface area contributed by atoms with Crippen LogP contribution in [0.1, 0.15) is 25.3 Å². The summed E-state index contributed by atoms with van der Waals surface area (Å²) >= 11 is 0. The van der Waals surface area contributed by atoms with Gasteiger partial charge in [-0.25, -0.2) is 0 Å². The molecule has 0 aliphatic rings. The summed E-state index contributed by atoms with van der Waals surface area (Å²) in [6.07, 6.45) is 5.86. The lowest BCUT2D eigenvalue weighted by Gasteiger charge is -1.99. The van der Waals surface area contributed by atoms with Crippen molar-refractivity contribution in [2.75, 3.05) is 0 Å². The molecular weight excluding hydrogens is 164 g/mol. The van der Waals surface area contributed by atoms with Gasteiger partial charge < -0.3 is 10.2 Å². The van der Waals surface area contributed by atoms with E-state index in [2.05, 4.69) is 6.92 Å². The van der Waals surface area contributed by atoms with E-state index in [9.17, 15) is 5.11 Å². The van der Waals surface area contributed by atoms with Gasteiger partial charge in [-0.15, -0.1) is 0 Å².